The molecule has 0 aromatic carbocycles. The first-order valence-corrected chi connectivity index (χ1v) is 11.1. The largest absolute Gasteiger partial charge is 0.463 e. The van der Waals surface area contributed by atoms with Crippen LogP contribution in [-0.2, 0) is 14.3 Å². The molecule has 0 radical (unpaired) electrons. The van der Waals surface area contributed by atoms with Crippen LogP contribution in [0.15, 0.2) is 5.16 Å². The molecule has 0 aromatic heterocycles. The molecule has 8 atom stereocenters. The van der Waals surface area contributed by atoms with Crippen LogP contribution in [0.25, 0.3) is 0 Å². The average molecular weight is 390 g/mol. The number of nitrogens with zero attached hydrogens (tertiary/aromatic N) is 1. The fourth-order valence-electron chi connectivity index (χ4n) is 8.13. The van der Waals surface area contributed by atoms with E-state index < -0.39 is 0 Å². The molecule has 0 aliphatic heterocycles. The number of carbonyl (C=O) groups is 2. The Morgan fingerprint density at radius 3 is 2.54 bits per heavy atom. The van der Waals surface area contributed by atoms with Crippen LogP contribution in [0.5, 0.6) is 0 Å². The normalized spacial score (nSPS) is 48.4. The summed E-state index contributed by atoms with van der Waals surface area (Å²) in [6, 6.07) is 0. The number of ketones is 1. The van der Waals surface area contributed by atoms with Crippen LogP contribution < -0.4 is 0 Å². The Morgan fingerprint density at radius 2 is 1.86 bits per heavy atom. The molecule has 0 saturated heterocycles. The Morgan fingerprint density at radius 1 is 1.11 bits per heavy atom. The van der Waals surface area contributed by atoms with Gasteiger partial charge in [-0.25, -0.2) is 0 Å². The fourth-order valence-corrected chi connectivity index (χ4v) is 8.13. The highest BCUT2D eigenvalue weighted by Crippen LogP contribution is 2.66. The average Bonchev–Trinajstić information content (AvgIpc) is 2.97. The topological polar surface area (TPSA) is 76.0 Å². The Hall–Kier alpha value is -1.39. The third-order valence-corrected chi connectivity index (χ3v) is 9.30. The van der Waals surface area contributed by atoms with Gasteiger partial charge in [-0.2, -0.15) is 0 Å². The van der Waals surface area contributed by atoms with Crippen LogP contribution in [0.3, 0.4) is 0 Å². The highest BCUT2D eigenvalue weighted by molar-refractivity contribution is 5.89. The van der Waals surface area contributed by atoms with E-state index in [9.17, 15) is 14.8 Å². The predicted octanol–water partition coefficient (Wildman–Crippen LogP) is 4.61. The van der Waals surface area contributed by atoms with Crippen LogP contribution in [0.4, 0.5) is 0 Å². The minimum Gasteiger partial charge on any atom is -0.463 e. The minimum atomic E-state index is -0.190. The zero-order valence-electron chi connectivity index (χ0n) is 17.7. The van der Waals surface area contributed by atoms with Crippen molar-refractivity contribution in [2.24, 2.45) is 45.6 Å². The molecule has 0 aromatic rings. The van der Waals surface area contributed by atoms with Crippen molar-refractivity contribution in [1.29, 1.82) is 0 Å². The Bertz CT molecular complexity index is 703. The number of fused-ring (bicyclic) bond motifs is 5. The Kier molecular flexibility index (Phi) is 4.86. The van der Waals surface area contributed by atoms with E-state index in [0.717, 1.165) is 50.7 Å². The number of ether oxygens (including phenoxy) is 1. The van der Waals surface area contributed by atoms with Crippen LogP contribution in [0.1, 0.15) is 79.1 Å². The summed E-state index contributed by atoms with van der Waals surface area (Å²) >= 11 is 0. The highest BCUT2D eigenvalue weighted by Gasteiger charge is 2.63. The second-order valence-corrected chi connectivity index (χ2v) is 10.6. The summed E-state index contributed by atoms with van der Waals surface area (Å²) in [5.74, 6) is 2.07. The van der Waals surface area contributed by atoms with E-state index in [1.807, 2.05) is 6.92 Å². The summed E-state index contributed by atoms with van der Waals surface area (Å²) in [5, 5.41) is 12.9. The maximum absolute atomic E-state index is 13.6. The van der Waals surface area contributed by atoms with Crippen molar-refractivity contribution >= 4 is 17.5 Å². The smallest absolute Gasteiger partial charge is 0.302 e. The standard InChI is InChI=1S/C23H35NO4/c1-13(24-27)18-7-8-19-17-6-5-15-11-16(28-14(2)25)9-10-22(15,3)21(17)20(26)12-23(18,19)4/h15-19,21,27H,5-12H2,1-4H3/b24-13-/t15-,16-,17+,18-,19+,21-,22+,23-/m1/s1. The van der Waals surface area contributed by atoms with Gasteiger partial charge in [0, 0.05) is 25.2 Å². The lowest BCUT2D eigenvalue weighted by atomic mass is 9.44. The zero-order chi connectivity index (χ0) is 20.3. The number of oxime groups is 1. The molecule has 0 amide bonds. The van der Waals surface area contributed by atoms with E-state index in [1.165, 1.54) is 6.92 Å². The molecule has 5 nitrogen and oxygen atoms in total. The molecule has 5 heteroatoms. The van der Waals surface area contributed by atoms with Crippen molar-refractivity contribution in [3.63, 3.8) is 0 Å². The second-order valence-electron chi connectivity index (χ2n) is 10.6. The SMILES string of the molecule is CC(=O)O[C@@H]1CC[C@@]2(C)[C@H](CC[C@H]3[C@@H]4CC[C@H](/C(C)=N\O)[C@@]4(C)CC(=O)[C@@H]32)C1. The van der Waals surface area contributed by atoms with E-state index in [1.54, 1.807) is 0 Å². The van der Waals surface area contributed by atoms with E-state index >= 15 is 0 Å². The van der Waals surface area contributed by atoms with Crippen LogP contribution in [0, 0.1) is 40.4 Å². The second kappa shape index (κ2) is 6.84. The molecule has 0 spiro atoms. The summed E-state index contributed by atoms with van der Waals surface area (Å²) in [6.07, 6.45) is 7.81. The molecule has 4 aliphatic rings. The fraction of sp³-hybridized carbons (Fsp3) is 0.870. The van der Waals surface area contributed by atoms with E-state index in [4.69, 9.17) is 4.74 Å². The van der Waals surface area contributed by atoms with Crippen molar-refractivity contribution in [3.8, 4) is 0 Å². The number of hydrogen-bond acceptors (Lipinski definition) is 5. The third-order valence-electron chi connectivity index (χ3n) is 9.30. The summed E-state index contributed by atoms with van der Waals surface area (Å²) in [7, 11) is 0. The molecule has 4 aliphatic carbocycles. The van der Waals surface area contributed by atoms with Crippen molar-refractivity contribution in [2.45, 2.75) is 85.2 Å². The van der Waals surface area contributed by atoms with Crippen LogP contribution >= 0.6 is 0 Å². The quantitative estimate of drug-likeness (QED) is 0.324. The molecule has 156 valence electrons. The summed E-state index contributed by atoms with van der Waals surface area (Å²) in [4.78, 5) is 25.0. The van der Waals surface area contributed by atoms with Crippen molar-refractivity contribution in [3.05, 3.63) is 0 Å². The first kappa shape index (κ1) is 19.9. The summed E-state index contributed by atoms with van der Waals surface area (Å²) in [6.45, 7) is 8.00. The number of rotatable bonds is 2. The molecule has 0 unspecified atom stereocenters. The first-order chi connectivity index (χ1) is 13.2. The molecule has 1 N–H and O–H groups in total. The number of Topliss-reactive ketones (excluding diaryl/α,β-unsaturated/α-hetero) is 1. The van der Waals surface area contributed by atoms with Gasteiger partial charge in [0.15, 0.2) is 0 Å². The van der Waals surface area contributed by atoms with Crippen LogP contribution in [-0.4, -0.2) is 28.8 Å². The molecule has 0 heterocycles. The van der Waals surface area contributed by atoms with Gasteiger partial charge in [0.05, 0.1) is 5.71 Å². The van der Waals surface area contributed by atoms with Crippen molar-refractivity contribution in [1.82, 2.24) is 0 Å². The number of esters is 1. The van der Waals surface area contributed by atoms with E-state index in [0.29, 0.717) is 30.0 Å². The lowest BCUT2D eigenvalue weighted by Crippen LogP contribution is -2.58. The number of carbonyl (C=O) groups excluding carboxylic acids is 2. The molecule has 4 rings (SSSR count). The maximum atomic E-state index is 13.6. The van der Waals surface area contributed by atoms with Gasteiger partial charge in [0.25, 0.3) is 0 Å². The van der Waals surface area contributed by atoms with Gasteiger partial charge < -0.3 is 9.94 Å². The van der Waals surface area contributed by atoms with E-state index in [2.05, 4.69) is 19.0 Å². The summed E-state index contributed by atoms with van der Waals surface area (Å²) < 4.78 is 5.53. The van der Waals surface area contributed by atoms with Crippen molar-refractivity contribution in [2.75, 3.05) is 0 Å². The van der Waals surface area contributed by atoms with Gasteiger partial charge in [-0.05, 0) is 80.5 Å². The lowest BCUT2D eigenvalue weighted by molar-refractivity contribution is -0.168. The minimum absolute atomic E-state index is 0.0235. The molecule has 28 heavy (non-hydrogen) atoms. The van der Waals surface area contributed by atoms with Gasteiger partial charge in [-0.3, -0.25) is 9.59 Å². The van der Waals surface area contributed by atoms with Gasteiger partial charge in [-0.1, -0.05) is 19.0 Å². The highest BCUT2D eigenvalue weighted by atomic mass is 16.5. The summed E-state index contributed by atoms with van der Waals surface area (Å²) in [5.41, 5.74) is 0.765. The lowest BCUT2D eigenvalue weighted by Gasteiger charge is -2.60. The molecular weight excluding hydrogens is 354 g/mol. The Labute approximate surface area is 168 Å². The Balaban J connectivity index is 1.60. The third kappa shape index (κ3) is 2.83. The molecule has 4 fully saturated rings. The van der Waals surface area contributed by atoms with Gasteiger partial charge in [0.2, 0.25) is 0 Å². The van der Waals surface area contributed by atoms with Gasteiger partial charge >= 0.3 is 5.97 Å². The van der Waals surface area contributed by atoms with Crippen molar-refractivity contribution < 1.29 is 19.5 Å². The molecular formula is C23H35NO4. The monoisotopic (exact) mass is 389 g/mol. The zero-order valence-corrected chi connectivity index (χ0v) is 17.7. The van der Waals surface area contributed by atoms with Crippen LogP contribution in [0.2, 0.25) is 0 Å². The van der Waals surface area contributed by atoms with E-state index in [-0.39, 0.29) is 34.7 Å². The predicted molar refractivity (Wildman–Crippen MR) is 106 cm³/mol. The number of hydrogen-bond donors (Lipinski definition) is 1. The molecule has 4 saturated carbocycles. The van der Waals surface area contributed by atoms with Gasteiger partial charge in [-0.15, -0.1) is 0 Å². The van der Waals surface area contributed by atoms with Gasteiger partial charge in [0.1, 0.15) is 11.9 Å². The first-order valence-electron chi connectivity index (χ1n) is 11.1. The molecule has 0 bridgehead atoms. The maximum Gasteiger partial charge on any atom is 0.302 e.